The van der Waals surface area contributed by atoms with Gasteiger partial charge < -0.3 is 20.3 Å². The molecule has 1 aromatic carbocycles. The van der Waals surface area contributed by atoms with E-state index in [-0.39, 0.29) is 30.1 Å². The molecule has 30 heavy (non-hydrogen) atoms. The van der Waals surface area contributed by atoms with E-state index in [1.54, 1.807) is 0 Å². The molecule has 1 aromatic heterocycles. The Balaban J connectivity index is 1.87. The van der Waals surface area contributed by atoms with Crippen LogP contribution in [0.3, 0.4) is 0 Å². The maximum absolute atomic E-state index is 12.9. The minimum atomic E-state index is -4.43. The number of carbonyl (C=O) groups excluding carboxylic acids is 1. The lowest BCUT2D eigenvalue weighted by molar-refractivity contribution is -0.137. The van der Waals surface area contributed by atoms with Crippen molar-refractivity contribution in [2.24, 2.45) is 0 Å². The Morgan fingerprint density at radius 2 is 1.97 bits per heavy atom. The summed E-state index contributed by atoms with van der Waals surface area (Å²) in [6.07, 6.45) is -2.08. The maximum atomic E-state index is 12.9. The zero-order chi connectivity index (χ0) is 21.9. The summed E-state index contributed by atoms with van der Waals surface area (Å²) in [4.78, 5) is 12.8. The standard InChI is InChI=1S/C21H26F3N3O3/c1-12(2)25-11-17-18(20(29)26-15-4-3-5-16(28)10-15)27-30-19(17)13-6-8-14(9-7-13)21(22,23)24/h6-9,12,15-16,25,28H,3-5,10-11H2,1-2H3,(H,26,29)/t15-,16+/m1/s1. The van der Waals surface area contributed by atoms with E-state index >= 15 is 0 Å². The van der Waals surface area contributed by atoms with Crippen LogP contribution >= 0.6 is 0 Å². The fourth-order valence-corrected chi connectivity index (χ4v) is 3.54. The minimum Gasteiger partial charge on any atom is -0.393 e. The maximum Gasteiger partial charge on any atom is 0.416 e. The number of alkyl halides is 3. The molecular formula is C21H26F3N3O3. The number of carbonyl (C=O) groups is 1. The van der Waals surface area contributed by atoms with Gasteiger partial charge in [0.05, 0.1) is 11.7 Å². The Morgan fingerprint density at radius 3 is 2.57 bits per heavy atom. The smallest absolute Gasteiger partial charge is 0.393 e. The average molecular weight is 425 g/mol. The van der Waals surface area contributed by atoms with Gasteiger partial charge in [-0.25, -0.2) is 0 Å². The third kappa shape index (κ3) is 5.40. The molecule has 1 amide bonds. The molecule has 1 aliphatic rings. The van der Waals surface area contributed by atoms with Crippen molar-refractivity contribution in [1.29, 1.82) is 0 Å². The molecule has 1 aliphatic carbocycles. The molecular weight excluding hydrogens is 399 g/mol. The monoisotopic (exact) mass is 425 g/mol. The summed E-state index contributed by atoms with van der Waals surface area (Å²) >= 11 is 0. The highest BCUT2D eigenvalue weighted by Crippen LogP contribution is 2.33. The van der Waals surface area contributed by atoms with Gasteiger partial charge in [0, 0.05) is 29.8 Å². The molecule has 1 saturated carbocycles. The van der Waals surface area contributed by atoms with Crippen LogP contribution in [0.5, 0.6) is 0 Å². The molecule has 0 radical (unpaired) electrons. The predicted molar refractivity (Wildman–Crippen MR) is 105 cm³/mol. The van der Waals surface area contributed by atoms with Crippen LogP contribution in [0.15, 0.2) is 28.8 Å². The van der Waals surface area contributed by atoms with E-state index in [0.29, 0.717) is 17.5 Å². The molecule has 1 heterocycles. The van der Waals surface area contributed by atoms with Crippen molar-refractivity contribution in [3.63, 3.8) is 0 Å². The molecule has 0 aliphatic heterocycles. The second-order valence-corrected chi connectivity index (χ2v) is 7.94. The number of aromatic nitrogens is 1. The second kappa shape index (κ2) is 9.18. The molecule has 2 aromatic rings. The fourth-order valence-electron chi connectivity index (χ4n) is 3.54. The van der Waals surface area contributed by atoms with Gasteiger partial charge in [-0.2, -0.15) is 13.2 Å². The van der Waals surface area contributed by atoms with E-state index in [1.807, 2.05) is 13.8 Å². The van der Waals surface area contributed by atoms with Crippen LogP contribution in [0.25, 0.3) is 11.3 Å². The SMILES string of the molecule is CC(C)NCc1c(C(=O)N[C@@H]2CCC[C@H](O)C2)noc1-c1ccc(C(F)(F)F)cc1. The van der Waals surface area contributed by atoms with Crippen molar-refractivity contribution in [2.75, 3.05) is 0 Å². The minimum absolute atomic E-state index is 0.0955. The number of rotatable bonds is 6. The number of nitrogens with one attached hydrogen (secondary N) is 2. The molecule has 0 saturated heterocycles. The van der Waals surface area contributed by atoms with Gasteiger partial charge in [0.2, 0.25) is 0 Å². The summed E-state index contributed by atoms with van der Waals surface area (Å²) in [7, 11) is 0. The molecule has 164 valence electrons. The third-order valence-electron chi connectivity index (χ3n) is 5.15. The highest BCUT2D eigenvalue weighted by Gasteiger charge is 2.31. The lowest BCUT2D eigenvalue weighted by atomic mass is 9.93. The summed E-state index contributed by atoms with van der Waals surface area (Å²) in [5.74, 6) is -0.165. The Labute approximate surface area is 172 Å². The van der Waals surface area contributed by atoms with E-state index in [9.17, 15) is 23.1 Å². The number of aliphatic hydroxyl groups is 1. The predicted octanol–water partition coefficient (Wildman–Crippen LogP) is 3.89. The molecule has 3 N–H and O–H groups in total. The van der Waals surface area contributed by atoms with E-state index < -0.39 is 23.8 Å². The topological polar surface area (TPSA) is 87.4 Å². The van der Waals surface area contributed by atoms with Gasteiger partial charge in [-0.1, -0.05) is 31.1 Å². The first-order chi connectivity index (χ1) is 14.1. The van der Waals surface area contributed by atoms with E-state index in [2.05, 4.69) is 15.8 Å². The first-order valence-electron chi connectivity index (χ1n) is 10.0. The zero-order valence-corrected chi connectivity index (χ0v) is 16.9. The van der Waals surface area contributed by atoms with Gasteiger partial charge in [0.1, 0.15) is 0 Å². The number of aliphatic hydroxyl groups excluding tert-OH is 1. The second-order valence-electron chi connectivity index (χ2n) is 7.94. The normalized spacial score (nSPS) is 19.8. The van der Waals surface area contributed by atoms with Crippen LogP contribution in [-0.4, -0.2) is 34.4 Å². The number of nitrogens with zero attached hydrogens (tertiary/aromatic N) is 1. The number of halogens is 3. The van der Waals surface area contributed by atoms with Gasteiger partial charge >= 0.3 is 6.18 Å². The lowest BCUT2D eigenvalue weighted by Gasteiger charge is -2.26. The summed E-state index contributed by atoms with van der Waals surface area (Å²) in [5.41, 5.74) is 0.222. The highest BCUT2D eigenvalue weighted by molar-refractivity contribution is 5.95. The summed E-state index contributed by atoms with van der Waals surface area (Å²) in [6.45, 7) is 4.15. The van der Waals surface area contributed by atoms with Crippen molar-refractivity contribution in [2.45, 2.75) is 70.4 Å². The molecule has 2 atom stereocenters. The van der Waals surface area contributed by atoms with E-state index in [1.165, 1.54) is 12.1 Å². The Kier molecular flexibility index (Phi) is 6.82. The molecule has 0 spiro atoms. The fraction of sp³-hybridized carbons (Fsp3) is 0.524. The van der Waals surface area contributed by atoms with Gasteiger partial charge in [-0.15, -0.1) is 0 Å². The van der Waals surface area contributed by atoms with Crippen molar-refractivity contribution in [3.05, 3.63) is 41.1 Å². The Hall–Kier alpha value is -2.39. The van der Waals surface area contributed by atoms with Crippen LogP contribution in [0.1, 0.15) is 61.1 Å². The van der Waals surface area contributed by atoms with Crippen LogP contribution in [-0.2, 0) is 12.7 Å². The number of hydrogen-bond donors (Lipinski definition) is 3. The molecule has 3 rings (SSSR count). The largest absolute Gasteiger partial charge is 0.416 e. The highest BCUT2D eigenvalue weighted by atomic mass is 19.4. The van der Waals surface area contributed by atoms with E-state index in [4.69, 9.17) is 4.52 Å². The lowest BCUT2D eigenvalue weighted by Crippen LogP contribution is -2.40. The molecule has 0 unspecified atom stereocenters. The zero-order valence-electron chi connectivity index (χ0n) is 16.9. The van der Waals surface area contributed by atoms with Crippen LogP contribution in [0.4, 0.5) is 13.2 Å². The summed E-state index contributed by atoms with van der Waals surface area (Å²) in [5, 5.41) is 19.8. The van der Waals surface area contributed by atoms with E-state index in [0.717, 1.165) is 31.4 Å². The number of benzene rings is 1. The van der Waals surface area contributed by atoms with Gasteiger partial charge in [-0.3, -0.25) is 4.79 Å². The molecule has 0 bridgehead atoms. The number of hydrogen-bond acceptors (Lipinski definition) is 5. The average Bonchev–Trinajstić information content (AvgIpc) is 3.10. The first-order valence-corrected chi connectivity index (χ1v) is 10.0. The van der Waals surface area contributed by atoms with Crippen molar-refractivity contribution in [3.8, 4) is 11.3 Å². The van der Waals surface area contributed by atoms with Gasteiger partial charge in [-0.05, 0) is 37.8 Å². The van der Waals surface area contributed by atoms with Crippen molar-refractivity contribution in [1.82, 2.24) is 15.8 Å². The third-order valence-corrected chi connectivity index (χ3v) is 5.15. The number of amides is 1. The first kappa shape index (κ1) is 22.3. The van der Waals surface area contributed by atoms with Gasteiger partial charge in [0.15, 0.2) is 11.5 Å². The summed E-state index contributed by atoms with van der Waals surface area (Å²) < 4.78 is 44.0. The van der Waals surface area contributed by atoms with Crippen molar-refractivity contribution >= 4 is 5.91 Å². The van der Waals surface area contributed by atoms with Crippen LogP contribution in [0, 0.1) is 0 Å². The Morgan fingerprint density at radius 1 is 1.27 bits per heavy atom. The Bertz CT molecular complexity index is 863. The van der Waals surface area contributed by atoms with Crippen LogP contribution < -0.4 is 10.6 Å². The molecule has 1 fully saturated rings. The van der Waals surface area contributed by atoms with Crippen molar-refractivity contribution < 1.29 is 27.6 Å². The summed E-state index contributed by atoms with van der Waals surface area (Å²) in [6, 6.07) is 4.52. The quantitative estimate of drug-likeness (QED) is 0.654. The van der Waals surface area contributed by atoms with Gasteiger partial charge in [0.25, 0.3) is 5.91 Å². The molecule has 9 heteroatoms. The van der Waals surface area contributed by atoms with Crippen LogP contribution in [0.2, 0.25) is 0 Å². The molecule has 6 nitrogen and oxygen atoms in total.